The molecule has 0 aliphatic carbocycles. The van der Waals surface area contributed by atoms with Crippen molar-refractivity contribution < 1.29 is 14.3 Å². The molecule has 1 N–H and O–H groups in total. The lowest BCUT2D eigenvalue weighted by Crippen LogP contribution is -2.31. The highest BCUT2D eigenvalue weighted by Gasteiger charge is 2.28. The van der Waals surface area contributed by atoms with Crippen molar-refractivity contribution in [2.24, 2.45) is 0 Å². The summed E-state index contributed by atoms with van der Waals surface area (Å²) in [5.41, 5.74) is 2.77. The Bertz CT molecular complexity index is 1150. The summed E-state index contributed by atoms with van der Waals surface area (Å²) in [5.74, 6) is -0.282. The van der Waals surface area contributed by atoms with Gasteiger partial charge in [-0.25, -0.2) is 0 Å². The number of halogens is 1. The van der Waals surface area contributed by atoms with Crippen molar-refractivity contribution >= 4 is 40.9 Å². The Morgan fingerprint density at radius 2 is 1.91 bits per heavy atom. The first-order valence-corrected chi connectivity index (χ1v) is 11.5. The van der Waals surface area contributed by atoms with Gasteiger partial charge in [0.15, 0.2) is 0 Å². The molecular weight excluding hydrogens is 444 g/mol. The molecule has 5 nitrogen and oxygen atoms in total. The van der Waals surface area contributed by atoms with E-state index in [0.29, 0.717) is 41.5 Å². The molecule has 32 heavy (non-hydrogen) atoms. The first-order valence-electron chi connectivity index (χ1n) is 10.3. The minimum atomic E-state index is -0.175. The molecule has 4 rings (SSSR count). The number of carbonyl (C=O) groups excluding carboxylic acids is 2. The summed E-state index contributed by atoms with van der Waals surface area (Å²) >= 11 is 7.71. The lowest BCUT2D eigenvalue weighted by molar-refractivity contribution is 0.0945. The number of ether oxygens (including phenoxy) is 1. The third-order valence-corrected chi connectivity index (χ3v) is 6.51. The molecule has 2 amide bonds. The van der Waals surface area contributed by atoms with Crippen LogP contribution in [0.2, 0.25) is 5.02 Å². The van der Waals surface area contributed by atoms with Gasteiger partial charge in [-0.2, -0.15) is 0 Å². The van der Waals surface area contributed by atoms with Crippen LogP contribution < -0.4 is 10.2 Å². The molecule has 1 aliphatic heterocycles. The maximum atomic E-state index is 13.6. The summed E-state index contributed by atoms with van der Waals surface area (Å²) < 4.78 is 5.03. The van der Waals surface area contributed by atoms with Crippen LogP contribution >= 0.6 is 23.4 Å². The Morgan fingerprint density at radius 3 is 2.72 bits per heavy atom. The van der Waals surface area contributed by atoms with Crippen molar-refractivity contribution in [1.29, 1.82) is 0 Å². The van der Waals surface area contributed by atoms with Crippen LogP contribution in [0.1, 0.15) is 32.7 Å². The number of benzene rings is 3. The third kappa shape index (κ3) is 4.99. The summed E-state index contributed by atoms with van der Waals surface area (Å²) in [6.45, 7) is 1.45. The van der Waals surface area contributed by atoms with Crippen molar-refractivity contribution in [3.8, 4) is 0 Å². The van der Waals surface area contributed by atoms with Gasteiger partial charge in [-0.1, -0.05) is 47.6 Å². The van der Waals surface area contributed by atoms with Gasteiger partial charge >= 0.3 is 0 Å². The molecule has 0 bridgehead atoms. The first kappa shape index (κ1) is 22.4. The molecular formula is C25H23ClN2O3S. The molecule has 164 valence electrons. The Labute approximate surface area is 196 Å². The average molecular weight is 467 g/mol. The van der Waals surface area contributed by atoms with Crippen LogP contribution in [0.15, 0.2) is 76.5 Å². The van der Waals surface area contributed by atoms with E-state index in [2.05, 4.69) is 5.32 Å². The summed E-state index contributed by atoms with van der Waals surface area (Å²) in [4.78, 5) is 29.8. The largest absolute Gasteiger partial charge is 0.385 e. The molecule has 1 heterocycles. The van der Waals surface area contributed by atoms with Crippen molar-refractivity contribution in [2.75, 3.05) is 25.2 Å². The molecule has 7 heteroatoms. The third-order valence-electron chi connectivity index (χ3n) is 5.13. The fraction of sp³-hybridized carbons (Fsp3) is 0.200. The lowest BCUT2D eigenvalue weighted by Gasteiger charge is -2.24. The zero-order valence-electron chi connectivity index (χ0n) is 17.6. The molecule has 0 atom stereocenters. The van der Waals surface area contributed by atoms with Gasteiger partial charge in [-0.05, 0) is 54.4 Å². The van der Waals surface area contributed by atoms with E-state index in [1.807, 2.05) is 48.5 Å². The second-order valence-electron chi connectivity index (χ2n) is 7.40. The number of fused-ring (bicyclic) bond motifs is 2. The number of carbonyl (C=O) groups is 2. The maximum Gasteiger partial charge on any atom is 0.259 e. The van der Waals surface area contributed by atoms with E-state index in [9.17, 15) is 9.59 Å². The van der Waals surface area contributed by atoms with Gasteiger partial charge in [0.1, 0.15) is 0 Å². The Balaban J connectivity index is 1.71. The molecule has 3 aromatic rings. The zero-order valence-corrected chi connectivity index (χ0v) is 19.2. The number of hydrogen-bond donors (Lipinski definition) is 1. The summed E-state index contributed by atoms with van der Waals surface area (Å²) in [5, 5.41) is 3.52. The molecule has 0 radical (unpaired) electrons. The number of methoxy groups -OCH3 is 1. The van der Waals surface area contributed by atoms with Crippen LogP contribution in [0.4, 0.5) is 5.69 Å². The van der Waals surface area contributed by atoms with Gasteiger partial charge in [-0.15, -0.1) is 0 Å². The minimum Gasteiger partial charge on any atom is -0.385 e. The first-order chi connectivity index (χ1) is 15.6. The smallest absolute Gasteiger partial charge is 0.259 e. The van der Waals surface area contributed by atoms with Crippen LogP contribution in [0.5, 0.6) is 0 Å². The predicted molar refractivity (Wildman–Crippen MR) is 128 cm³/mol. The summed E-state index contributed by atoms with van der Waals surface area (Å²) in [7, 11) is 1.63. The molecule has 0 saturated heterocycles. The molecule has 1 aliphatic rings. The fourth-order valence-corrected chi connectivity index (χ4v) is 4.83. The molecule has 0 fully saturated rings. The fourth-order valence-electron chi connectivity index (χ4n) is 3.56. The number of nitrogens with one attached hydrogen (secondary N) is 1. The van der Waals surface area contributed by atoms with E-state index in [-0.39, 0.29) is 11.8 Å². The van der Waals surface area contributed by atoms with E-state index in [0.717, 1.165) is 21.8 Å². The van der Waals surface area contributed by atoms with Gasteiger partial charge in [0.05, 0.1) is 17.8 Å². The normalized spacial score (nSPS) is 12.7. The van der Waals surface area contributed by atoms with Gasteiger partial charge in [0.2, 0.25) is 0 Å². The van der Waals surface area contributed by atoms with Crippen molar-refractivity contribution in [3.63, 3.8) is 0 Å². The number of nitrogens with zero attached hydrogens (tertiary/aromatic N) is 1. The number of anilines is 1. The molecule has 0 saturated carbocycles. The van der Waals surface area contributed by atoms with Crippen LogP contribution in [0, 0.1) is 0 Å². The van der Waals surface area contributed by atoms with Crippen LogP contribution in [-0.2, 0) is 11.3 Å². The Morgan fingerprint density at radius 1 is 1.06 bits per heavy atom. The van der Waals surface area contributed by atoms with Gasteiger partial charge in [-0.3, -0.25) is 9.59 Å². The van der Waals surface area contributed by atoms with Gasteiger partial charge in [0.25, 0.3) is 11.8 Å². The summed E-state index contributed by atoms with van der Waals surface area (Å²) in [6.07, 6.45) is 0.734. The van der Waals surface area contributed by atoms with E-state index >= 15 is 0 Å². The monoisotopic (exact) mass is 466 g/mol. The molecule has 3 aromatic carbocycles. The zero-order chi connectivity index (χ0) is 22.5. The van der Waals surface area contributed by atoms with E-state index < -0.39 is 0 Å². The van der Waals surface area contributed by atoms with Crippen LogP contribution in [-0.4, -0.2) is 32.1 Å². The molecule has 0 spiro atoms. The standard InChI is InChI=1S/C25H23ClN2O3S/c1-31-13-5-12-27-24(29)18-10-11-23-21(15-18)28(16-17-6-4-7-19(26)14-17)25(30)20-8-2-3-9-22(20)32-23/h2-4,6-11,14-15H,5,12-13,16H2,1H3,(H,27,29). The highest BCUT2D eigenvalue weighted by Crippen LogP contribution is 2.42. The number of hydrogen-bond acceptors (Lipinski definition) is 4. The van der Waals surface area contributed by atoms with E-state index in [4.69, 9.17) is 16.3 Å². The lowest BCUT2D eigenvalue weighted by atomic mass is 10.1. The number of rotatable bonds is 7. The molecule has 0 unspecified atom stereocenters. The number of amides is 2. The second-order valence-corrected chi connectivity index (χ2v) is 8.92. The quantitative estimate of drug-likeness (QED) is 0.472. The molecule has 0 aromatic heterocycles. The van der Waals surface area contributed by atoms with Crippen molar-refractivity contribution in [1.82, 2.24) is 5.32 Å². The second kappa shape index (κ2) is 10.2. The predicted octanol–water partition coefficient (Wildman–Crippen LogP) is 5.42. The van der Waals surface area contributed by atoms with Gasteiger partial charge in [0, 0.05) is 40.6 Å². The van der Waals surface area contributed by atoms with Crippen molar-refractivity contribution in [3.05, 3.63) is 88.4 Å². The SMILES string of the molecule is COCCCNC(=O)c1ccc2c(c1)N(Cc1cccc(Cl)c1)C(=O)c1ccccc1S2. The maximum absolute atomic E-state index is 13.6. The van der Waals surface area contributed by atoms with Crippen LogP contribution in [0.25, 0.3) is 0 Å². The highest BCUT2D eigenvalue weighted by molar-refractivity contribution is 7.99. The van der Waals surface area contributed by atoms with E-state index in [1.165, 1.54) is 11.8 Å². The topological polar surface area (TPSA) is 58.6 Å². The van der Waals surface area contributed by atoms with Gasteiger partial charge < -0.3 is 15.0 Å². The Hall–Kier alpha value is -2.80. The highest BCUT2D eigenvalue weighted by atomic mass is 35.5. The van der Waals surface area contributed by atoms with E-state index in [1.54, 1.807) is 30.2 Å². The Kier molecular flexibility index (Phi) is 7.15. The minimum absolute atomic E-state index is 0.107. The van der Waals surface area contributed by atoms with Crippen molar-refractivity contribution in [2.45, 2.75) is 22.8 Å². The van der Waals surface area contributed by atoms with Crippen LogP contribution in [0.3, 0.4) is 0 Å². The summed E-state index contributed by atoms with van der Waals surface area (Å²) in [6, 6.07) is 20.5. The average Bonchev–Trinajstić information content (AvgIpc) is 2.91.